The van der Waals surface area contributed by atoms with E-state index in [0.717, 1.165) is 38.1 Å². The molecular formula is C16H23NO4. The van der Waals surface area contributed by atoms with Crippen LogP contribution in [0.1, 0.15) is 37.4 Å². The van der Waals surface area contributed by atoms with Gasteiger partial charge in [-0.1, -0.05) is 0 Å². The van der Waals surface area contributed by atoms with Crippen molar-refractivity contribution in [2.45, 2.75) is 37.7 Å². The van der Waals surface area contributed by atoms with Crippen molar-refractivity contribution in [1.29, 1.82) is 0 Å². The molecule has 2 unspecified atom stereocenters. The van der Waals surface area contributed by atoms with Crippen LogP contribution in [0, 0.1) is 5.92 Å². The Labute approximate surface area is 124 Å². The first-order valence-electron chi connectivity index (χ1n) is 7.84. The highest BCUT2D eigenvalue weighted by Crippen LogP contribution is 2.48. The maximum absolute atomic E-state index is 12.4. The van der Waals surface area contributed by atoms with Crippen LogP contribution in [0.5, 0.6) is 0 Å². The molecule has 0 bridgehead atoms. The molecular weight excluding hydrogens is 270 g/mol. The SMILES string of the molecule is O=C(C1CC1c1ccco1)N1CCC(OCCCO)CC1. The lowest BCUT2D eigenvalue weighted by atomic mass is 10.1. The Kier molecular flexibility index (Phi) is 4.60. The van der Waals surface area contributed by atoms with Crippen LogP contribution in [0.2, 0.25) is 0 Å². The number of carbonyl (C=O) groups excluding carboxylic acids is 1. The van der Waals surface area contributed by atoms with Gasteiger partial charge in [-0.3, -0.25) is 4.79 Å². The number of aliphatic hydroxyl groups excluding tert-OH is 1. The molecule has 0 spiro atoms. The van der Waals surface area contributed by atoms with Gasteiger partial charge < -0.3 is 19.2 Å². The van der Waals surface area contributed by atoms with E-state index in [1.165, 1.54) is 0 Å². The monoisotopic (exact) mass is 293 g/mol. The molecule has 2 aliphatic rings. The molecule has 116 valence electrons. The van der Waals surface area contributed by atoms with Crippen molar-refractivity contribution >= 4 is 5.91 Å². The van der Waals surface area contributed by atoms with Crippen molar-refractivity contribution in [3.8, 4) is 0 Å². The minimum Gasteiger partial charge on any atom is -0.469 e. The summed E-state index contributed by atoms with van der Waals surface area (Å²) in [7, 11) is 0. The van der Waals surface area contributed by atoms with Gasteiger partial charge in [0.25, 0.3) is 0 Å². The molecule has 1 aromatic heterocycles. The third-order valence-corrected chi connectivity index (χ3v) is 4.43. The summed E-state index contributed by atoms with van der Waals surface area (Å²) >= 11 is 0. The second kappa shape index (κ2) is 6.62. The fourth-order valence-electron chi connectivity index (χ4n) is 3.08. The number of ether oxygens (including phenoxy) is 1. The normalized spacial score (nSPS) is 26.0. The molecule has 3 rings (SSSR count). The standard InChI is InChI=1S/C16H23NO4/c18-8-2-10-20-12-4-6-17(7-5-12)16(19)14-11-13(14)15-3-1-9-21-15/h1,3,9,12-14,18H,2,4-8,10-11H2. The van der Waals surface area contributed by atoms with Gasteiger partial charge in [0, 0.05) is 38.1 Å². The van der Waals surface area contributed by atoms with Crippen LogP contribution in [0.3, 0.4) is 0 Å². The van der Waals surface area contributed by atoms with E-state index in [-0.39, 0.29) is 30.5 Å². The first-order chi connectivity index (χ1) is 10.3. The average Bonchev–Trinajstić information content (AvgIpc) is 3.13. The molecule has 2 heterocycles. The smallest absolute Gasteiger partial charge is 0.226 e. The first kappa shape index (κ1) is 14.6. The van der Waals surface area contributed by atoms with E-state index < -0.39 is 0 Å². The average molecular weight is 293 g/mol. The van der Waals surface area contributed by atoms with Crippen LogP contribution in [-0.2, 0) is 9.53 Å². The van der Waals surface area contributed by atoms with Gasteiger partial charge in [-0.05, 0) is 37.8 Å². The topological polar surface area (TPSA) is 62.9 Å². The quantitative estimate of drug-likeness (QED) is 0.812. The highest BCUT2D eigenvalue weighted by Gasteiger charge is 2.47. The lowest BCUT2D eigenvalue weighted by molar-refractivity contribution is -0.135. The number of aliphatic hydroxyl groups is 1. The van der Waals surface area contributed by atoms with Gasteiger partial charge in [0.1, 0.15) is 5.76 Å². The van der Waals surface area contributed by atoms with E-state index in [1.54, 1.807) is 6.26 Å². The van der Waals surface area contributed by atoms with E-state index in [0.29, 0.717) is 13.0 Å². The Morgan fingerprint density at radius 3 is 2.90 bits per heavy atom. The maximum Gasteiger partial charge on any atom is 0.226 e. The molecule has 1 amide bonds. The molecule has 1 aliphatic heterocycles. The number of hydrogen-bond donors (Lipinski definition) is 1. The number of nitrogens with zero attached hydrogens (tertiary/aromatic N) is 1. The number of furan rings is 1. The van der Waals surface area contributed by atoms with Gasteiger partial charge in [0.15, 0.2) is 0 Å². The molecule has 1 saturated heterocycles. The van der Waals surface area contributed by atoms with Gasteiger partial charge >= 0.3 is 0 Å². The van der Waals surface area contributed by atoms with Crippen LogP contribution in [0.4, 0.5) is 0 Å². The summed E-state index contributed by atoms with van der Waals surface area (Å²) in [6.07, 6.45) is 5.31. The number of amides is 1. The van der Waals surface area contributed by atoms with Gasteiger partial charge in [-0.15, -0.1) is 0 Å². The highest BCUT2D eigenvalue weighted by molar-refractivity contribution is 5.82. The lowest BCUT2D eigenvalue weighted by Crippen LogP contribution is -2.41. The predicted molar refractivity (Wildman–Crippen MR) is 76.8 cm³/mol. The summed E-state index contributed by atoms with van der Waals surface area (Å²) in [5, 5.41) is 8.74. The predicted octanol–water partition coefficient (Wildman–Crippen LogP) is 1.77. The van der Waals surface area contributed by atoms with Gasteiger partial charge in [-0.2, -0.15) is 0 Å². The fourth-order valence-corrected chi connectivity index (χ4v) is 3.08. The first-order valence-corrected chi connectivity index (χ1v) is 7.84. The van der Waals surface area contributed by atoms with Crippen molar-refractivity contribution in [1.82, 2.24) is 4.90 Å². The highest BCUT2D eigenvalue weighted by atomic mass is 16.5. The minimum absolute atomic E-state index is 0.114. The number of piperidine rings is 1. The molecule has 0 radical (unpaired) electrons. The Morgan fingerprint density at radius 2 is 2.24 bits per heavy atom. The zero-order chi connectivity index (χ0) is 14.7. The van der Waals surface area contributed by atoms with E-state index in [4.69, 9.17) is 14.3 Å². The molecule has 1 aromatic rings. The van der Waals surface area contributed by atoms with E-state index in [1.807, 2.05) is 17.0 Å². The third-order valence-electron chi connectivity index (χ3n) is 4.43. The Morgan fingerprint density at radius 1 is 1.43 bits per heavy atom. The molecule has 5 nitrogen and oxygen atoms in total. The summed E-state index contributed by atoms with van der Waals surface area (Å²) in [4.78, 5) is 14.4. The van der Waals surface area contributed by atoms with Crippen molar-refractivity contribution in [2.75, 3.05) is 26.3 Å². The van der Waals surface area contributed by atoms with Crippen molar-refractivity contribution < 1.29 is 19.1 Å². The van der Waals surface area contributed by atoms with E-state index in [9.17, 15) is 4.79 Å². The largest absolute Gasteiger partial charge is 0.469 e. The lowest BCUT2D eigenvalue weighted by Gasteiger charge is -2.32. The van der Waals surface area contributed by atoms with Crippen molar-refractivity contribution in [3.63, 3.8) is 0 Å². The van der Waals surface area contributed by atoms with Crippen molar-refractivity contribution in [3.05, 3.63) is 24.2 Å². The zero-order valence-electron chi connectivity index (χ0n) is 12.2. The van der Waals surface area contributed by atoms with Crippen LogP contribution < -0.4 is 0 Å². The maximum atomic E-state index is 12.4. The Balaban J connectivity index is 1.42. The summed E-state index contributed by atoms with van der Waals surface area (Å²) in [5.41, 5.74) is 0. The molecule has 21 heavy (non-hydrogen) atoms. The summed E-state index contributed by atoms with van der Waals surface area (Å²) in [6, 6.07) is 3.84. The molecule has 2 atom stereocenters. The van der Waals surface area contributed by atoms with Crippen LogP contribution >= 0.6 is 0 Å². The van der Waals surface area contributed by atoms with E-state index in [2.05, 4.69) is 0 Å². The number of hydrogen-bond acceptors (Lipinski definition) is 4. The summed E-state index contributed by atoms with van der Waals surface area (Å²) in [6.45, 7) is 2.35. The van der Waals surface area contributed by atoms with Gasteiger partial charge in [-0.25, -0.2) is 0 Å². The zero-order valence-corrected chi connectivity index (χ0v) is 12.2. The summed E-state index contributed by atoms with van der Waals surface area (Å²) < 4.78 is 11.1. The molecule has 1 aliphatic carbocycles. The minimum atomic E-state index is 0.114. The van der Waals surface area contributed by atoms with Crippen LogP contribution in [0.15, 0.2) is 22.8 Å². The number of carbonyl (C=O) groups is 1. The molecule has 1 N–H and O–H groups in total. The molecule has 2 fully saturated rings. The van der Waals surface area contributed by atoms with Crippen molar-refractivity contribution in [2.24, 2.45) is 5.92 Å². The van der Waals surface area contributed by atoms with Crippen LogP contribution in [-0.4, -0.2) is 48.3 Å². The second-order valence-electron chi connectivity index (χ2n) is 5.94. The van der Waals surface area contributed by atoms with Crippen LogP contribution in [0.25, 0.3) is 0 Å². The van der Waals surface area contributed by atoms with Gasteiger partial charge in [0.05, 0.1) is 12.4 Å². The Hall–Kier alpha value is -1.33. The molecule has 0 aromatic carbocycles. The second-order valence-corrected chi connectivity index (χ2v) is 5.94. The van der Waals surface area contributed by atoms with E-state index >= 15 is 0 Å². The Bertz CT molecular complexity index is 451. The summed E-state index contributed by atoms with van der Waals surface area (Å²) in [5.74, 6) is 1.61. The number of likely N-dealkylation sites (tertiary alicyclic amines) is 1. The third kappa shape index (κ3) is 3.47. The molecule has 5 heteroatoms. The number of rotatable bonds is 6. The van der Waals surface area contributed by atoms with Gasteiger partial charge in [0.2, 0.25) is 5.91 Å². The molecule has 1 saturated carbocycles. The fraction of sp³-hybridized carbons (Fsp3) is 0.688.